The highest BCUT2D eigenvalue weighted by molar-refractivity contribution is 6.76. The predicted molar refractivity (Wildman–Crippen MR) is 120 cm³/mol. The first-order valence-electron chi connectivity index (χ1n) is 10.9. The fourth-order valence-corrected chi connectivity index (χ4v) is 4.49. The van der Waals surface area contributed by atoms with Crippen molar-refractivity contribution in [2.75, 3.05) is 31.6 Å². The summed E-state index contributed by atoms with van der Waals surface area (Å²) in [6, 6.07) is 1.69. The number of hydrogen-bond acceptors (Lipinski definition) is 5. The second-order valence-corrected chi connectivity index (χ2v) is 15.3. The fourth-order valence-electron chi connectivity index (χ4n) is 3.73. The van der Waals surface area contributed by atoms with Gasteiger partial charge in [0.15, 0.2) is 0 Å². The number of alkyl halides is 3. The van der Waals surface area contributed by atoms with Crippen LogP contribution >= 0.6 is 0 Å². The summed E-state index contributed by atoms with van der Waals surface area (Å²) in [6.07, 6.45) is -2.18. The Morgan fingerprint density at radius 1 is 1.38 bits per heavy atom. The number of rotatable bonds is 10. The van der Waals surface area contributed by atoms with Gasteiger partial charge in [0.1, 0.15) is 12.3 Å². The highest BCUT2D eigenvalue weighted by Gasteiger charge is 2.38. The SMILES string of the molecule is C[C@@H](CN1CCCC(C(=O)O)C1)Nc1ccn(COCC[Si](C)(C)C)c(=O)c1C(F)(F)F. The number of ether oxygens (including phenoxy) is 1. The fraction of sp³-hybridized carbons (Fsp3) is 0.714. The van der Waals surface area contributed by atoms with Crippen LogP contribution in [0, 0.1) is 5.92 Å². The molecule has 7 nitrogen and oxygen atoms in total. The molecule has 1 aromatic rings. The molecule has 1 saturated heterocycles. The predicted octanol–water partition coefficient (Wildman–Crippen LogP) is 3.78. The van der Waals surface area contributed by atoms with Crippen LogP contribution in [-0.4, -0.2) is 60.9 Å². The number of carbonyl (C=O) groups is 1. The van der Waals surface area contributed by atoms with Gasteiger partial charge in [0.25, 0.3) is 5.56 Å². The van der Waals surface area contributed by atoms with E-state index in [1.807, 2.05) is 4.90 Å². The first kappa shape index (κ1) is 26.4. The van der Waals surface area contributed by atoms with E-state index in [1.54, 1.807) is 6.92 Å². The number of halogens is 3. The molecule has 0 aromatic carbocycles. The number of nitrogens with one attached hydrogen (secondary N) is 1. The molecular formula is C21H34F3N3O4Si. The monoisotopic (exact) mass is 477 g/mol. The lowest BCUT2D eigenvalue weighted by atomic mass is 9.98. The quantitative estimate of drug-likeness (QED) is 0.394. The van der Waals surface area contributed by atoms with Crippen LogP contribution in [0.3, 0.4) is 0 Å². The Morgan fingerprint density at radius 3 is 2.66 bits per heavy atom. The number of hydrogen-bond donors (Lipinski definition) is 2. The van der Waals surface area contributed by atoms with Crippen LogP contribution in [0.4, 0.5) is 18.9 Å². The van der Waals surface area contributed by atoms with Gasteiger partial charge in [0.05, 0.1) is 11.6 Å². The molecule has 1 fully saturated rings. The molecule has 32 heavy (non-hydrogen) atoms. The zero-order valence-corrected chi connectivity index (χ0v) is 20.2. The Kier molecular flexibility index (Phi) is 8.95. The van der Waals surface area contributed by atoms with Crippen LogP contribution < -0.4 is 10.9 Å². The van der Waals surface area contributed by atoms with Gasteiger partial charge in [-0.15, -0.1) is 0 Å². The number of anilines is 1. The number of carboxylic acids is 1. The van der Waals surface area contributed by atoms with Crippen molar-refractivity contribution in [1.29, 1.82) is 0 Å². The van der Waals surface area contributed by atoms with Crippen LogP contribution in [0.15, 0.2) is 17.1 Å². The maximum atomic E-state index is 13.7. The van der Waals surface area contributed by atoms with E-state index in [4.69, 9.17) is 4.74 Å². The third-order valence-corrected chi connectivity index (χ3v) is 7.17. The third kappa shape index (κ3) is 7.93. The zero-order valence-electron chi connectivity index (χ0n) is 19.2. The lowest BCUT2D eigenvalue weighted by Gasteiger charge is -2.33. The van der Waals surface area contributed by atoms with Gasteiger partial charge in [-0.05, 0) is 38.4 Å². The van der Waals surface area contributed by atoms with Gasteiger partial charge < -0.3 is 20.1 Å². The normalized spacial score (nSPS) is 19.0. The molecule has 1 aromatic heterocycles. The van der Waals surface area contributed by atoms with Crippen LogP contribution in [-0.2, 0) is 22.4 Å². The molecule has 2 atom stereocenters. The summed E-state index contributed by atoms with van der Waals surface area (Å²) in [5.41, 5.74) is -2.67. The molecule has 0 radical (unpaired) electrons. The van der Waals surface area contributed by atoms with Crippen molar-refractivity contribution in [1.82, 2.24) is 9.47 Å². The van der Waals surface area contributed by atoms with E-state index in [1.165, 1.54) is 12.3 Å². The van der Waals surface area contributed by atoms with Crippen molar-refractivity contribution in [3.8, 4) is 0 Å². The second kappa shape index (κ2) is 10.8. The molecule has 0 saturated carbocycles. The highest BCUT2D eigenvalue weighted by atomic mass is 28.3. The maximum Gasteiger partial charge on any atom is 0.423 e. The van der Waals surface area contributed by atoms with Gasteiger partial charge in [0.2, 0.25) is 0 Å². The minimum atomic E-state index is -4.82. The molecule has 0 spiro atoms. The topological polar surface area (TPSA) is 83.8 Å². The number of carboxylic acid groups (broad SMARTS) is 1. The van der Waals surface area contributed by atoms with Gasteiger partial charge in [-0.1, -0.05) is 19.6 Å². The minimum absolute atomic E-state index is 0.230. The number of piperidine rings is 1. The number of aliphatic carboxylic acids is 1. The second-order valence-electron chi connectivity index (χ2n) is 9.71. The summed E-state index contributed by atoms with van der Waals surface area (Å²) < 4.78 is 47.5. The van der Waals surface area contributed by atoms with Gasteiger partial charge in [-0.25, -0.2) is 0 Å². The van der Waals surface area contributed by atoms with Crippen LogP contribution in [0.2, 0.25) is 25.7 Å². The number of nitrogens with zero attached hydrogens (tertiary/aromatic N) is 2. The Labute approximate surface area is 187 Å². The molecule has 182 valence electrons. The van der Waals surface area contributed by atoms with Gasteiger partial charge in [-0.3, -0.25) is 14.2 Å². The van der Waals surface area contributed by atoms with Crippen LogP contribution in [0.1, 0.15) is 25.3 Å². The lowest BCUT2D eigenvalue weighted by Crippen LogP contribution is -2.43. The molecule has 2 rings (SSSR count). The number of likely N-dealkylation sites (tertiary alicyclic amines) is 1. The van der Waals surface area contributed by atoms with E-state index in [-0.39, 0.29) is 12.4 Å². The summed E-state index contributed by atoms with van der Waals surface area (Å²) in [7, 11) is -1.35. The molecule has 1 aliphatic rings. The number of aromatic nitrogens is 1. The molecule has 11 heteroatoms. The summed E-state index contributed by atoms with van der Waals surface area (Å²) in [5, 5.41) is 12.0. The third-order valence-electron chi connectivity index (χ3n) is 5.46. The van der Waals surface area contributed by atoms with Crippen molar-refractivity contribution in [3.63, 3.8) is 0 Å². The van der Waals surface area contributed by atoms with Crippen molar-refractivity contribution < 1.29 is 27.8 Å². The van der Waals surface area contributed by atoms with E-state index in [0.29, 0.717) is 32.7 Å². The van der Waals surface area contributed by atoms with Crippen molar-refractivity contribution in [2.24, 2.45) is 5.92 Å². The van der Waals surface area contributed by atoms with E-state index >= 15 is 0 Å². The summed E-state index contributed by atoms with van der Waals surface area (Å²) in [4.78, 5) is 25.7. The summed E-state index contributed by atoms with van der Waals surface area (Å²) >= 11 is 0. The van der Waals surface area contributed by atoms with E-state index < -0.39 is 43.3 Å². The molecule has 2 N–H and O–H groups in total. The Balaban J connectivity index is 2.09. The molecule has 0 bridgehead atoms. The van der Waals surface area contributed by atoms with Crippen molar-refractivity contribution in [2.45, 2.75) is 64.4 Å². The smallest absolute Gasteiger partial charge is 0.423 e. The van der Waals surface area contributed by atoms with Gasteiger partial charge in [-0.2, -0.15) is 13.2 Å². The molecule has 2 heterocycles. The Bertz CT molecular complexity index is 839. The first-order chi connectivity index (χ1) is 14.8. The Morgan fingerprint density at radius 2 is 2.06 bits per heavy atom. The standard InChI is InChI=1S/C21H34F3N3O4Si/c1-15(12-26-8-5-6-16(13-26)20(29)30)25-17-7-9-27(14-31-10-11-32(2,3)4)19(28)18(17)21(22,23)24/h7,9,15-16,25H,5-6,8,10-14H2,1-4H3,(H,29,30)/t15-,16?/m0/s1. The Hall–Kier alpha value is -1.85. The van der Waals surface area contributed by atoms with Gasteiger partial charge >= 0.3 is 12.1 Å². The van der Waals surface area contributed by atoms with Crippen LogP contribution in [0.5, 0.6) is 0 Å². The molecular weight excluding hydrogens is 443 g/mol. The molecule has 0 aliphatic carbocycles. The zero-order chi connectivity index (χ0) is 24.1. The number of pyridine rings is 1. The van der Waals surface area contributed by atoms with Gasteiger partial charge in [0, 0.05) is 40.0 Å². The maximum absolute atomic E-state index is 13.7. The average molecular weight is 478 g/mol. The highest BCUT2D eigenvalue weighted by Crippen LogP contribution is 2.32. The lowest BCUT2D eigenvalue weighted by molar-refractivity contribution is -0.143. The average Bonchev–Trinajstić information content (AvgIpc) is 2.65. The first-order valence-corrected chi connectivity index (χ1v) is 14.6. The van der Waals surface area contributed by atoms with E-state index in [2.05, 4.69) is 25.0 Å². The van der Waals surface area contributed by atoms with E-state index in [9.17, 15) is 27.9 Å². The van der Waals surface area contributed by atoms with Crippen molar-refractivity contribution in [3.05, 3.63) is 28.2 Å². The van der Waals surface area contributed by atoms with E-state index in [0.717, 1.165) is 17.0 Å². The molecule has 1 aliphatic heterocycles. The molecule has 0 amide bonds. The summed E-state index contributed by atoms with van der Waals surface area (Å²) in [5.74, 6) is -1.32. The minimum Gasteiger partial charge on any atom is -0.481 e. The van der Waals surface area contributed by atoms with Crippen molar-refractivity contribution >= 4 is 19.7 Å². The van der Waals surface area contributed by atoms with Crippen LogP contribution in [0.25, 0.3) is 0 Å². The largest absolute Gasteiger partial charge is 0.481 e. The molecule has 1 unspecified atom stereocenters. The summed E-state index contributed by atoms with van der Waals surface area (Å²) in [6.45, 7) is 9.81.